The number of nitro groups is 1. The van der Waals surface area contributed by atoms with Crippen LogP contribution in [0.25, 0.3) is 0 Å². The molecule has 0 aliphatic carbocycles. The van der Waals surface area contributed by atoms with Crippen molar-refractivity contribution in [3.05, 3.63) is 28.3 Å². The fourth-order valence-electron chi connectivity index (χ4n) is 3.00. The van der Waals surface area contributed by atoms with Crippen LogP contribution in [-0.2, 0) is 14.8 Å². The van der Waals surface area contributed by atoms with Gasteiger partial charge in [0.15, 0.2) is 0 Å². The van der Waals surface area contributed by atoms with Crippen molar-refractivity contribution in [1.82, 2.24) is 5.32 Å². The second-order valence-corrected chi connectivity index (χ2v) is 7.26. The van der Waals surface area contributed by atoms with E-state index in [0.717, 1.165) is 25.6 Å². The maximum absolute atomic E-state index is 11.5. The van der Waals surface area contributed by atoms with Gasteiger partial charge in [0, 0.05) is 18.7 Å². The second kappa shape index (κ2) is 6.04. The summed E-state index contributed by atoms with van der Waals surface area (Å²) in [6.45, 7) is 2.58. The predicted molar refractivity (Wildman–Crippen MR) is 82.8 cm³/mol. The lowest BCUT2D eigenvalue weighted by Crippen LogP contribution is -2.54. The minimum Gasteiger partial charge on any atom is -0.377 e. The van der Waals surface area contributed by atoms with Crippen molar-refractivity contribution in [2.24, 2.45) is 5.14 Å². The van der Waals surface area contributed by atoms with Gasteiger partial charge in [-0.3, -0.25) is 10.1 Å². The average Bonchev–Trinajstić information content (AvgIpc) is 2.94. The summed E-state index contributed by atoms with van der Waals surface area (Å²) >= 11 is 0. The smallest absolute Gasteiger partial charge is 0.293 e. The zero-order valence-electron chi connectivity index (χ0n) is 12.3. The maximum atomic E-state index is 11.5. The summed E-state index contributed by atoms with van der Waals surface area (Å²) < 4.78 is 28.1. The first kappa shape index (κ1) is 16.1. The van der Waals surface area contributed by atoms with Crippen LogP contribution in [0.5, 0.6) is 0 Å². The summed E-state index contributed by atoms with van der Waals surface area (Å²) in [5.41, 5.74) is 0.153. The van der Waals surface area contributed by atoms with Crippen LogP contribution in [0.2, 0.25) is 0 Å². The van der Waals surface area contributed by atoms with Crippen LogP contribution in [0.1, 0.15) is 6.42 Å². The number of nitrogens with two attached hydrogens (primary N) is 1. The molecule has 10 heteroatoms. The van der Waals surface area contributed by atoms with Gasteiger partial charge in [-0.1, -0.05) is 0 Å². The first-order valence-electron chi connectivity index (χ1n) is 7.26. The number of hydrogen-bond acceptors (Lipinski definition) is 7. The molecular weight excluding hydrogens is 324 g/mol. The lowest BCUT2D eigenvalue weighted by Gasteiger charge is -2.42. The summed E-state index contributed by atoms with van der Waals surface area (Å²) in [7, 11) is -3.99. The van der Waals surface area contributed by atoms with Gasteiger partial charge < -0.3 is 15.0 Å². The molecule has 2 saturated heterocycles. The predicted octanol–water partition coefficient (Wildman–Crippen LogP) is -0.191. The molecule has 2 aliphatic heterocycles. The number of rotatable bonds is 5. The second-order valence-electron chi connectivity index (χ2n) is 5.70. The monoisotopic (exact) mass is 342 g/mol. The molecule has 0 amide bonds. The molecule has 0 radical (unpaired) electrons. The fourth-order valence-corrected chi connectivity index (χ4v) is 3.53. The summed E-state index contributed by atoms with van der Waals surface area (Å²) in [5, 5.41) is 19.8. The van der Waals surface area contributed by atoms with Gasteiger partial charge in [0.2, 0.25) is 10.0 Å². The number of ether oxygens (including phenoxy) is 1. The number of nitro benzene ring substituents is 1. The molecule has 1 atom stereocenters. The molecule has 0 bridgehead atoms. The molecule has 2 aliphatic rings. The van der Waals surface area contributed by atoms with Gasteiger partial charge in [-0.2, -0.15) is 0 Å². The summed E-state index contributed by atoms with van der Waals surface area (Å²) in [6.07, 6.45) is 0.866. The number of sulfonamides is 1. The van der Waals surface area contributed by atoms with Crippen LogP contribution in [0, 0.1) is 10.1 Å². The lowest BCUT2D eigenvalue weighted by atomic mass is 10.1. The van der Waals surface area contributed by atoms with Gasteiger partial charge in [-0.15, -0.1) is 0 Å². The molecule has 0 saturated carbocycles. The van der Waals surface area contributed by atoms with E-state index in [1.807, 2.05) is 4.90 Å². The molecular formula is C13H18N4O5S. The third kappa shape index (κ3) is 3.15. The molecule has 1 aromatic carbocycles. The molecule has 0 spiro atoms. The van der Waals surface area contributed by atoms with Crippen LogP contribution in [0.15, 0.2) is 23.1 Å². The maximum Gasteiger partial charge on any atom is 0.293 e. The molecule has 126 valence electrons. The van der Waals surface area contributed by atoms with Crippen molar-refractivity contribution in [3.63, 3.8) is 0 Å². The van der Waals surface area contributed by atoms with Crippen molar-refractivity contribution in [2.75, 3.05) is 31.2 Å². The van der Waals surface area contributed by atoms with Gasteiger partial charge in [0.1, 0.15) is 5.69 Å². The zero-order chi connectivity index (χ0) is 16.6. The summed E-state index contributed by atoms with van der Waals surface area (Å²) in [6, 6.07) is 3.97. The minimum absolute atomic E-state index is 0.0546. The summed E-state index contributed by atoms with van der Waals surface area (Å²) in [4.78, 5) is 12.6. The molecule has 0 aromatic heterocycles. The molecule has 2 fully saturated rings. The highest BCUT2D eigenvalue weighted by Gasteiger charge is 2.37. The molecule has 3 N–H and O–H groups in total. The van der Waals surface area contributed by atoms with E-state index in [9.17, 15) is 18.5 Å². The Balaban J connectivity index is 2.06. The van der Waals surface area contributed by atoms with Crippen LogP contribution in [-0.4, -0.2) is 51.7 Å². The zero-order valence-corrected chi connectivity index (χ0v) is 13.2. The Morgan fingerprint density at radius 2 is 2.09 bits per heavy atom. The lowest BCUT2D eigenvalue weighted by molar-refractivity contribution is -0.384. The standard InChI is InChI=1S/C13H18N4O5S/c14-23(20,21)11-1-2-12(13(5-11)17(18)19)16(10-7-22-8-10)9-3-4-15-6-9/h1-2,5,9-10,15H,3-4,6-8H2,(H2,14,20,21)/t9-/m1/s1. The van der Waals surface area contributed by atoms with E-state index in [0.29, 0.717) is 18.9 Å². The van der Waals surface area contributed by atoms with E-state index in [4.69, 9.17) is 9.88 Å². The van der Waals surface area contributed by atoms with Gasteiger partial charge in [-0.25, -0.2) is 13.6 Å². The highest BCUT2D eigenvalue weighted by molar-refractivity contribution is 7.89. The first-order chi connectivity index (χ1) is 10.9. The largest absolute Gasteiger partial charge is 0.377 e. The van der Waals surface area contributed by atoms with Gasteiger partial charge in [-0.05, 0) is 25.1 Å². The van der Waals surface area contributed by atoms with Crippen molar-refractivity contribution in [2.45, 2.75) is 23.4 Å². The third-order valence-corrected chi connectivity index (χ3v) is 5.10. The van der Waals surface area contributed by atoms with E-state index < -0.39 is 14.9 Å². The van der Waals surface area contributed by atoms with E-state index in [1.165, 1.54) is 12.1 Å². The fraction of sp³-hybridized carbons (Fsp3) is 0.538. The first-order valence-corrected chi connectivity index (χ1v) is 8.80. The molecule has 1 aromatic rings. The Labute approximate surface area is 133 Å². The topological polar surface area (TPSA) is 128 Å². The van der Waals surface area contributed by atoms with E-state index in [1.54, 1.807) is 0 Å². The molecule has 3 rings (SSSR count). The number of benzene rings is 1. The molecule has 23 heavy (non-hydrogen) atoms. The van der Waals surface area contributed by atoms with Gasteiger partial charge in [0.05, 0.1) is 29.1 Å². The van der Waals surface area contributed by atoms with Crippen molar-refractivity contribution in [3.8, 4) is 0 Å². The number of nitrogens with one attached hydrogen (secondary N) is 1. The van der Waals surface area contributed by atoms with Crippen molar-refractivity contribution < 1.29 is 18.1 Å². The number of hydrogen-bond donors (Lipinski definition) is 2. The van der Waals surface area contributed by atoms with Crippen molar-refractivity contribution in [1.29, 1.82) is 0 Å². The van der Waals surface area contributed by atoms with Crippen LogP contribution >= 0.6 is 0 Å². The number of primary sulfonamides is 1. The van der Waals surface area contributed by atoms with Crippen molar-refractivity contribution >= 4 is 21.4 Å². The Morgan fingerprint density at radius 1 is 1.35 bits per heavy atom. The highest BCUT2D eigenvalue weighted by Crippen LogP contribution is 2.35. The quantitative estimate of drug-likeness (QED) is 0.560. The Morgan fingerprint density at radius 3 is 2.57 bits per heavy atom. The van der Waals surface area contributed by atoms with Crippen LogP contribution < -0.4 is 15.4 Å². The van der Waals surface area contributed by atoms with E-state index in [-0.39, 0.29) is 22.7 Å². The van der Waals surface area contributed by atoms with Crippen LogP contribution in [0.3, 0.4) is 0 Å². The average molecular weight is 342 g/mol. The molecule has 2 heterocycles. The van der Waals surface area contributed by atoms with E-state index in [2.05, 4.69) is 5.32 Å². The van der Waals surface area contributed by atoms with Gasteiger partial charge >= 0.3 is 0 Å². The number of nitrogens with zero attached hydrogens (tertiary/aromatic N) is 2. The Kier molecular flexibility index (Phi) is 4.23. The SMILES string of the molecule is NS(=O)(=O)c1ccc(N(C2COC2)[C@@H]2CCNC2)c([N+](=O)[O-])c1. The van der Waals surface area contributed by atoms with Crippen LogP contribution in [0.4, 0.5) is 11.4 Å². The molecule has 9 nitrogen and oxygen atoms in total. The number of anilines is 1. The Bertz CT molecular complexity index is 713. The van der Waals surface area contributed by atoms with Gasteiger partial charge in [0.25, 0.3) is 5.69 Å². The third-order valence-electron chi connectivity index (χ3n) is 4.19. The minimum atomic E-state index is -3.99. The molecule has 0 unspecified atom stereocenters. The normalized spacial score (nSPS) is 21.9. The van der Waals surface area contributed by atoms with E-state index >= 15 is 0 Å². The Hall–Kier alpha value is -1.75. The summed E-state index contributed by atoms with van der Waals surface area (Å²) in [5.74, 6) is 0. The highest BCUT2D eigenvalue weighted by atomic mass is 32.2.